The first kappa shape index (κ1) is 14.2. The summed E-state index contributed by atoms with van der Waals surface area (Å²) < 4.78 is 0. The molecule has 3 nitrogen and oxygen atoms in total. The summed E-state index contributed by atoms with van der Waals surface area (Å²) in [5, 5.41) is 5.39. The Morgan fingerprint density at radius 1 is 1.14 bits per heavy atom. The minimum absolute atomic E-state index is 0.224. The summed E-state index contributed by atoms with van der Waals surface area (Å²) in [6.07, 6.45) is -0.224. The summed E-state index contributed by atoms with van der Waals surface area (Å²) >= 11 is 12.2. The molecule has 0 saturated heterocycles. The molecule has 1 aliphatic rings. The first-order valence-electron chi connectivity index (χ1n) is 6.71. The molecule has 0 aliphatic carbocycles. The van der Waals surface area contributed by atoms with Crippen LogP contribution in [-0.4, -0.2) is 17.3 Å². The molecule has 0 saturated carbocycles. The van der Waals surface area contributed by atoms with Crippen molar-refractivity contribution in [1.82, 2.24) is 4.90 Å². The Labute approximate surface area is 133 Å². The van der Waals surface area contributed by atoms with Gasteiger partial charge in [0.2, 0.25) is 6.23 Å². The Morgan fingerprint density at radius 2 is 1.90 bits per heavy atom. The topological polar surface area (TPSA) is 24.8 Å². The van der Waals surface area contributed by atoms with E-state index in [1.807, 2.05) is 36.4 Å². The van der Waals surface area contributed by atoms with E-state index in [-0.39, 0.29) is 6.23 Å². The summed E-state index contributed by atoms with van der Waals surface area (Å²) in [7, 11) is 0. The zero-order valence-corrected chi connectivity index (χ0v) is 13.0. The smallest absolute Gasteiger partial charge is 0.227 e. The van der Waals surface area contributed by atoms with E-state index < -0.39 is 0 Å². The van der Waals surface area contributed by atoms with Gasteiger partial charge in [0.05, 0.1) is 5.02 Å². The quantitative estimate of drug-likeness (QED) is 0.818. The lowest BCUT2D eigenvalue weighted by molar-refractivity contribution is 0.0110. The number of halogens is 2. The van der Waals surface area contributed by atoms with Gasteiger partial charge in [-0.15, -0.1) is 0 Å². The van der Waals surface area contributed by atoms with Gasteiger partial charge in [0.25, 0.3) is 0 Å². The van der Waals surface area contributed by atoms with Crippen molar-refractivity contribution < 1.29 is 4.84 Å². The van der Waals surface area contributed by atoms with Gasteiger partial charge in [0.1, 0.15) is 0 Å². The Bertz CT molecular complexity index is 673. The monoisotopic (exact) mass is 320 g/mol. The fourth-order valence-electron chi connectivity index (χ4n) is 2.37. The predicted molar refractivity (Wildman–Crippen MR) is 85.6 cm³/mol. The van der Waals surface area contributed by atoms with E-state index in [9.17, 15) is 0 Å². The van der Waals surface area contributed by atoms with Crippen LogP contribution in [-0.2, 0) is 4.84 Å². The van der Waals surface area contributed by atoms with Crippen molar-refractivity contribution in [1.29, 1.82) is 0 Å². The van der Waals surface area contributed by atoms with Crippen LogP contribution in [0.5, 0.6) is 0 Å². The van der Waals surface area contributed by atoms with Gasteiger partial charge in [0.15, 0.2) is 5.84 Å². The molecule has 2 aromatic carbocycles. The molecule has 0 radical (unpaired) electrons. The number of nitrogens with zero attached hydrogens (tertiary/aromatic N) is 2. The molecule has 108 valence electrons. The van der Waals surface area contributed by atoms with Crippen molar-refractivity contribution >= 4 is 29.0 Å². The number of hydrogen-bond acceptors (Lipinski definition) is 3. The van der Waals surface area contributed by atoms with Crippen molar-refractivity contribution in [2.45, 2.75) is 13.2 Å². The third-order valence-electron chi connectivity index (χ3n) is 3.39. The van der Waals surface area contributed by atoms with Crippen molar-refractivity contribution in [2.24, 2.45) is 5.16 Å². The molecule has 0 aromatic heterocycles. The number of rotatable bonds is 3. The molecule has 3 rings (SSSR count). The average molecular weight is 321 g/mol. The molecule has 1 atom stereocenters. The third-order valence-corrected chi connectivity index (χ3v) is 3.94. The summed E-state index contributed by atoms with van der Waals surface area (Å²) in [5.41, 5.74) is 1.88. The Balaban J connectivity index is 1.94. The summed E-state index contributed by atoms with van der Waals surface area (Å²) in [6, 6.07) is 15.4. The van der Waals surface area contributed by atoms with E-state index in [2.05, 4.69) is 17.0 Å². The van der Waals surface area contributed by atoms with Crippen LogP contribution in [0.15, 0.2) is 53.7 Å². The Morgan fingerprint density at radius 3 is 2.57 bits per heavy atom. The van der Waals surface area contributed by atoms with Gasteiger partial charge in [-0.25, -0.2) is 0 Å². The third kappa shape index (κ3) is 2.71. The molecule has 0 spiro atoms. The Hall–Kier alpha value is -1.71. The molecule has 1 unspecified atom stereocenters. The largest absolute Gasteiger partial charge is 0.363 e. The minimum Gasteiger partial charge on any atom is -0.363 e. The average Bonchev–Trinajstić information content (AvgIpc) is 2.91. The predicted octanol–water partition coefficient (Wildman–Crippen LogP) is 4.71. The van der Waals surface area contributed by atoms with Gasteiger partial charge < -0.3 is 9.74 Å². The van der Waals surface area contributed by atoms with E-state index >= 15 is 0 Å². The first-order chi connectivity index (χ1) is 10.2. The van der Waals surface area contributed by atoms with Crippen LogP contribution in [0.25, 0.3) is 0 Å². The molecule has 0 fully saturated rings. The zero-order valence-electron chi connectivity index (χ0n) is 11.5. The molecule has 1 aliphatic heterocycles. The van der Waals surface area contributed by atoms with Gasteiger partial charge in [-0.05, 0) is 25.1 Å². The highest BCUT2D eigenvalue weighted by Gasteiger charge is 2.31. The zero-order chi connectivity index (χ0) is 14.8. The highest BCUT2D eigenvalue weighted by Crippen LogP contribution is 2.32. The second-order valence-electron chi connectivity index (χ2n) is 4.69. The minimum atomic E-state index is -0.224. The normalized spacial score (nSPS) is 17.6. The second-order valence-corrected chi connectivity index (χ2v) is 5.54. The maximum absolute atomic E-state index is 6.28. The van der Waals surface area contributed by atoms with E-state index in [0.717, 1.165) is 23.5 Å². The lowest BCUT2D eigenvalue weighted by Gasteiger charge is -2.24. The number of amidine groups is 1. The number of hydrogen-bond donors (Lipinski definition) is 0. The molecular weight excluding hydrogens is 307 g/mol. The second kappa shape index (κ2) is 5.96. The summed E-state index contributed by atoms with van der Waals surface area (Å²) in [6.45, 7) is 2.82. The fourth-order valence-corrected chi connectivity index (χ4v) is 2.86. The summed E-state index contributed by atoms with van der Waals surface area (Å²) in [4.78, 5) is 7.69. The molecule has 0 N–H and O–H groups in total. The first-order valence-corrected chi connectivity index (χ1v) is 7.47. The van der Waals surface area contributed by atoms with Crippen LogP contribution in [0.4, 0.5) is 0 Å². The Kier molecular flexibility index (Phi) is 4.04. The fraction of sp³-hybridized carbons (Fsp3) is 0.188. The van der Waals surface area contributed by atoms with E-state index in [0.29, 0.717) is 10.0 Å². The van der Waals surface area contributed by atoms with Crippen LogP contribution < -0.4 is 0 Å². The van der Waals surface area contributed by atoms with Crippen molar-refractivity contribution in [3.05, 3.63) is 69.7 Å². The van der Waals surface area contributed by atoms with Crippen LogP contribution >= 0.6 is 23.2 Å². The number of oxime groups is 1. The molecular formula is C16H14Cl2N2O. The lowest BCUT2D eigenvalue weighted by atomic mass is 10.1. The molecule has 5 heteroatoms. The summed E-state index contributed by atoms with van der Waals surface area (Å²) in [5.74, 6) is 0.730. The van der Waals surface area contributed by atoms with E-state index in [1.165, 1.54) is 0 Å². The highest BCUT2D eigenvalue weighted by atomic mass is 35.5. The maximum atomic E-state index is 6.28. The maximum Gasteiger partial charge on any atom is 0.227 e. The highest BCUT2D eigenvalue weighted by molar-refractivity contribution is 6.37. The van der Waals surface area contributed by atoms with Gasteiger partial charge >= 0.3 is 0 Å². The lowest BCUT2D eigenvalue weighted by Crippen LogP contribution is -2.31. The van der Waals surface area contributed by atoms with E-state index in [4.69, 9.17) is 28.0 Å². The SMILES string of the molecule is CCN1C(c2ccc(Cl)cc2Cl)=NOC1c1ccccc1. The van der Waals surface area contributed by atoms with Crippen LogP contribution in [0.3, 0.4) is 0 Å². The van der Waals surface area contributed by atoms with Crippen LogP contribution in [0, 0.1) is 0 Å². The number of benzene rings is 2. The van der Waals surface area contributed by atoms with Gasteiger partial charge in [-0.3, -0.25) is 0 Å². The molecule has 21 heavy (non-hydrogen) atoms. The molecule has 0 amide bonds. The van der Waals surface area contributed by atoms with E-state index in [1.54, 1.807) is 12.1 Å². The molecule has 0 bridgehead atoms. The van der Waals surface area contributed by atoms with Crippen molar-refractivity contribution in [3.8, 4) is 0 Å². The van der Waals surface area contributed by atoms with Gasteiger partial charge in [-0.2, -0.15) is 0 Å². The van der Waals surface area contributed by atoms with Crippen molar-refractivity contribution in [2.75, 3.05) is 6.54 Å². The van der Waals surface area contributed by atoms with Crippen LogP contribution in [0.2, 0.25) is 10.0 Å². The van der Waals surface area contributed by atoms with Gasteiger partial charge in [0, 0.05) is 22.7 Å². The molecule has 2 aromatic rings. The van der Waals surface area contributed by atoms with Gasteiger partial charge in [-0.1, -0.05) is 58.7 Å². The standard InChI is InChI=1S/C16H14Cl2N2O/c1-2-20-15(13-9-8-12(17)10-14(13)18)19-21-16(20)11-6-4-3-5-7-11/h3-10,16H,2H2,1H3. The van der Waals surface area contributed by atoms with Crippen molar-refractivity contribution in [3.63, 3.8) is 0 Å². The van der Waals surface area contributed by atoms with Crippen LogP contribution in [0.1, 0.15) is 24.3 Å². The molecule has 1 heterocycles.